The standard InChI is InChI=1S/C22H24N2O4/c1-4-14-27-16-11-8-15(9-12-16)10-13-19(25)23-17-6-5-7-18-20(17)24-21(26)22(2,3)28-18/h5-13H,4,14H2,1-3H3,(H,23,25)(H,24,26)/b13-10+. The predicted octanol–water partition coefficient (Wildman–Crippen LogP) is 4.24. The summed E-state index contributed by atoms with van der Waals surface area (Å²) in [5.41, 5.74) is 0.875. The SMILES string of the molecule is CCCOc1ccc(/C=C/C(=O)Nc2cccc3c2NC(=O)C(C)(C)O3)cc1. The van der Waals surface area contributed by atoms with Crippen LogP contribution in [0.2, 0.25) is 0 Å². The van der Waals surface area contributed by atoms with Crippen LogP contribution in [0.25, 0.3) is 6.08 Å². The molecule has 0 atom stereocenters. The minimum absolute atomic E-state index is 0.261. The van der Waals surface area contributed by atoms with E-state index < -0.39 is 5.60 Å². The van der Waals surface area contributed by atoms with E-state index in [0.29, 0.717) is 23.7 Å². The molecule has 6 heteroatoms. The normalized spacial score (nSPS) is 14.8. The zero-order valence-corrected chi connectivity index (χ0v) is 16.2. The lowest BCUT2D eigenvalue weighted by Crippen LogP contribution is -2.45. The number of benzene rings is 2. The van der Waals surface area contributed by atoms with Gasteiger partial charge in [0.25, 0.3) is 5.91 Å². The average Bonchev–Trinajstić information content (AvgIpc) is 2.67. The monoisotopic (exact) mass is 380 g/mol. The van der Waals surface area contributed by atoms with Gasteiger partial charge in [-0.3, -0.25) is 9.59 Å². The van der Waals surface area contributed by atoms with Crippen molar-refractivity contribution in [1.82, 2.24) is 0 Å². The highest BCUT2D eigenvalue weighted by molar-refractivity contribution is 6.08. The van der Waals surface area contributed by atoms with Crippen LogP contribution in [0, 0.1) is 0 Å². The molecule has 2 aromatic rings. The average molecular weight is 380 g/mol. The molecule has 0 fully saturated rings. The molecule has 1 aliphatic rings. The highest BCUT2D eigenvalue weighted by Crippen LogP contribution is 2.38. The van der Waals surface area contributed by atoms with E-state index in [4.69, 9.17) is 9.47 Å². The highest BCUT2D eigenvalue weighted by Gasteiger charge is 2.36. The Balaban J connectivity index is 1.67. The third-order valence-electron chi connectivity index (χ3n) is 4.21. The van der Waals surface area contributed by atoms with Crippen LogP contribution in [0.3, 0.4) is 0 Å². The zero-order chi connectivity index (χ0) is 20.1. The van der Waals surface area contributed by atoms with E-state index in [-0.39, 0.29) is 11.8 Å². The molecule has 1 heterocycles. The summed E-state index contributed by atoms with van der Waals surface area (Å²) in [6.45, 7) is 6.12. The van der Waals surface area contributed by atoms with E-state index in [1.54, 1.807) is 38.1 Å². The van der Waals surface area contributed by atoms with Crippen LogP contribution in [-0.4, -0.2) is 24.0 Å². The fraction of sp³-hybridized carbons (Fsp3) is 0.273. The molecule has 0 spiro atoms. The molecule has 0 aromatic heterocycles. The Morgan fingerprint density at radius 3 is 2.68 bits per heavy atom. The molecule has 0 unspecified atom stereocenters. The molecule has 146 valence electrons. The number of hydrogen-bond acceptors (Lipinski definition) is 4. The van der Waals surface area contributed by atoms with Gasteiger partial charge in [-0.2, -0.15) is 0 Å². The van der Waals surface area contributed by atoms with Crippen molar-refractivity contribution < 1.29 is 19.1 Å². The second-order valence-electron chi connectivity index (χ2n) is 6.99. The smallest absolute Gasteiger partial charge is 0.268 e. The summed E-state index contributed by atoms with van der Waals surface area (Å²) in [5.74, 6) is 0.758. The third kappa shape index (κ3) is 4.52. The summed E-state index contributed by atoms with van der Waals surface area (Å²) in [7, 11) is 0. The maximum atomic E-state index is 12.3. The van der Waals surface area contributed by atoms with Crippen molar-refractivity contribution in [3.63, 3.8) is 0 Å². The van der Waals surface area contributed by atoms with Gasteiger partial charge in [0, 0.05) is 6.08 Å². The van der Waals surface area contributed by atoms with Crippen LogP contribution in [0.4, 0.5) is 11.4 Å². The Hall–Kier alpha value is -3.28. The second-order valence-corrected chi connectivity index (χ2v) is 6.99. The number of hydrogen-bond donors (Lipinski definition) is 2. The van der Waals surface area contributed by atoms with Gasteiger partial charge in [-0.05, 0) is 56.2 Å². The van der Waals surface area contributed by atoms with Crippen LogP contribution < -0.4 is 20.1 Å². The largest absolute Gasteiger partial charge is 0.494 e. The summed E-state index contributed by atoms with van der Waals surface area (Å²) in [6.07, 6.45) is 4.11. The molecule has 3 rings (SSSR count). The van der Waals surface area contributed by atoms with E-state index in [1.165, 1.54) is 6.08 Å². The molecule has 2 N–H and O–H groups in total. The van der Waals surface area contributed by atoms with Gasteiger partial charge < -0.3 is 20.1 Å². The lowest BCUT2D eigenvalue weighted by molar-refractivity contribution is -0.129. The quantitative estimate of drug-likeness (QED) is 0.735. The number of para-hydroxylation sites is 1. The van der Waals surface area contributed by atoms with Crippen molar-refractivity contribution in [2.45, 2.75) is 32.8 Å². The van der Waals surface area contributed by atoms with Crippen LogP contribution >= 0.6 is 0 Å². The molecule has 6 nitrogen and oxygen atoms in total. The van der Waals surface area contributed by atoms with E-state index >= 15 is 0 Å². The van der Waals surface area contributed by atoms with Crippen molar-refractivity contribution in [1.29, 1.82) is 0 Å². The van der Waals surface area contributed by atoms with E-state index in [0.717, 1.165) is 17.7 Å². The summed E-state index contributed by atoms with van der Waals surface area (Å²) in [4.78, 5) is 24.5. The van der Waals surface area contributed by atoms with Crippen LogP contribution in [0.15, 0.2) is 48.5 Å². The van der Waals surface area contributed by atoms with Gasteiger partial charge in [-0.25, -0.2) is 0 Å². The number of carbonyl (C=O) groups excluding carboxylic acids is 2. The molecule has 0 saturated heterocycles. The Kier molecular flexibility index (Phi) is 5.68. The molecule has 2 aromatic carbocycles. The number of ether oxygens (including phenoxy) is 2. The van der Waals surface area contributed by atoms with Gasteiger partial charge in [0.2, 0.25) is 5.91 Å². The Morgan fingerprint density at radius 2 is 1.96 bits per heavy atom. The lowest BCUT2D eigenvalue weighted by atomic mass is 10.1. The van der Waals surface area contributed by atoms with Crippen molar-refractivity contribution in [3.05, 3.63) is 54.1 Å². The first kappa shape index (κ1) is 19.5. The van der Waals surface area contributed by atoms with Crippen LogP contribution in [0.5, 0.6) is 11.5 Å². The molecule has 0 saturated carbocycles. The van der Waals surface area contributed by atoms with Gasteiger partial charge in [0.05, 0.1) is 12.3 Å². The third-order valence-corrected chi connectivity index (χ3v) is 4.21. The maximum absolute atomic E-state index is 12.3. The predicted molar refractivity (Wildman–Crippen MR) is 110 cm³/mol. The van der Waals surface area contributed by atoms with Crippen molar-refractivity contribution >= 4 is 29.3 Å². The van der Waals surface area contributed by atoms with Gasteiger partial charge >= 0.3 is 0 Å². The number of anilines is 2. The number of rotatable bonds is 6. The molecule has 0 radical (unpaired) electrons. The van der Waals surface area contributed by atoms with Crippen LogP contribution in [-0.2, 0) is 9.59 Å². The Labute approximate surface area is 164 Å². The van der Waals surface area contributed by atoms with Crippen LogP contribution in [0.1, 0.15) is 32.8 Å². The zero-order valence-electron chi connectivity index (χ0n) is 16.2. The summed E-state index contributed by atoms with van der Waals surface area (Å²) in [6, 6.07) is 12.7. The lowest BCUT2D eigenvalue weighted by Gasteiger charge is -2.32. The molecule has 28 heavy (non-hydrogen) atoms. The Bertz CT molecular complexity index is 901. The first-order valence-corrected chi connectivity index (χ1v) is 9.24. The number of nitrogens with one attached hydrogen (secondary N) is 2. The summed E-state index contributed by atoms with van der Waals surface area (Å²) >= 11 is 0. The Morgan fingerprint density at radius 1 is 1.21 bits per heavy atom. The van der Waals surface area contributed by atoms with Gasteiger partial charge in [0.15, 0.2) is 5.60 Å². The first-order chi connectivity index (χ1) is 13.4. The second kappa shape index (κ2) is 8.17. The molecule has 0 aliphatic carbocycles. The fourth-order valence-electron chi connectivity index (χ4n) is 2.68. The topological polar surface area (TPSA) is 76.7 Å². The number of fused-ring (bicyclic) bond motifs is 1. The molecule has 1 aliphatic heterocycles. The minimum Gasteiger partial charge on any atom is -0.494 e. The summed E-state index contributed by atoms with van der Waals surface area (Å²) < 4.78 is 11.3. The van der Waals surface area contributed by atoms with Crippen molar-refractivity contribution in [2.24, 2.45) is 0 Å². The van der Waals surface area contributed by atoms with Gasteiger partial charge in [-0.15, -0.1) is 0 Å². The number of carbonyl (C=O) groups is 2. The highest BCUT2D eigenvalue weighted by atomic mass is 16.5. The minimum atomic E-state index is -0.956. The van der Waals surface area contributed by atoms with E-state index in [9.17, 15) is 9.59 Å². The van der Waals surface area contributed by atoms with Crippen molar-refractivity contribution in [2.75, 3.05) is 17.2 Å². The molecule has 2 amide bonds. The maximum Gasteiger partial charge on any atom is 0.268 e. The summed E-state index contributed by atoms with van der Waals surface area (Å²) in [5, 5.41) is 5.59. The van der Waals surface area contributed by atoms with Gasteiger partial charge in [-0.1, -0.05) is 25.1 Å². The first-order valence-electron chi connectivity index (χ1n) is 9.24. The van der Waals surface area contributed by atoms with E-state index in [1.807, 2.05) is 24.3 Å². The fourth-order valence-corrected chi connectivity index (χ4v) is 2.68. The van der Waals surface area contributed by atoms with E-state index in [2.05, 4.69) is 17.6 Å². The van der Waals surface area contributed by atoms with Gasteiger partial charge in [0.1, 0.15) is 17.2 Å². The molecular weight excluding hydrogens is 356 g/mol. The van der Waals surface area contributed by atoms with Crippen molar-refractivity contribution in [3.8, 4) is 11.5 Å². The number of amides is 2. The molecular formula is C22H24N2O4. The molecule has 0 bridgehead atoms.